The summed E-state index contributed by atoms with van der Waals surface area (Å²) in [4.78, 5) is 4.58. The lowest BCUT2D eigenvalue weighted by atomic mass is 9.91. The highest BCUT2D eigenvalue weighted by Gasteiger charge is 2.48. The van der Waals surface area contributed by atoms with Gasteiger partial charge in [0.05, 0.1) is 13.2 Å². The van der Waals surface area contributed by atoms with E-state index in [0.717, 1.165) is 0 Å². The monoisotopic (exact) mass is 512 g/mol. The summed E-state index contributed by atoms with van der Waals surface area (Å²) in [6, 6.07) is 11.3. The Morgan fingerprint density at radius 3 is 1.46 bits per heavy atom. The second-order valence-electron chi connectivity index (χ2n) is 12.8. The first kappa shape index (κ1) is 34.3. The molecule has 0 spiro atoms. The van der Waals surface area contributed by atoms with Crippen molar-refractivity contribution in [2.45, 2.75) is 113 Å². The Balaban J connectivity index is 0.000000669. The summed E-state index contributed by atoms with van der Waals surface area (Å²) in [5.74, 6) is 0.339. The van der Waals surface area contributed by atoms with Crippen LogP contribution in [0.5, 0.6) is 0 Å². The largest absolute Gasteiger partial charge is 0.348 e. The molecule has 0 radical (unpaired) electrons. The molecule has 35 heavy (non-hydrogen) atoms. The number of hydrogen-bond donors (Lipinski definition) is 0. The zero-order chi connectivity index (χ0) is 27.8. The highest BCUT2D eigenvalue weighted by Crippen LogP contribution is 2.60. The molecular weight excluding hydrogens is 455 g/mol. The Bertz CT molecular complexity index is 751. The van der Waals surface area contributed by atoms with Crippen molar-refractivity contribution in [1.82, 2.24) is 9.80 Å². The van der Waals surface area contributed by atoms with Crippen LogP contribution in [0.25, 0.3) is 0 Å². The zero-order valence-electron chi connectivity index (χ0n) is 25.6. The van der Waals surface area contributed by atoms with E-state index in [-0.39, 0.29) is 22.3 Å². The van der Waals surface area contributed by atoms with Crippen LogP contribution in [-0.4, -0.2) is 54.0 Å². The molecule has 0 aromatic heterocycles. The van der Waals surface area contributed by atoms with Crippen molar-refractivity contribution >= 4 is 7.60 Å². The first-order valence-electron chi connectivity index (χ1n) is 13.1. The summed E-state index contributed by atoms with van der Waals surface area (Å²) in [5, 5.41) is 0. The maximum atomic E-state index is 13.2. The molecule has 1 aromatic carbocycles. The van der Waals surface area contributed by atoms with Gasteiger partial charge < -0.3 is 9.05 Å². The molecule has 2 atom stereocenters. The third-order valence-corrected chi connectivity index (χ3v) is 9.32. The van der Waals surface area contributed by atoms with Crippen LogP contribution in [0.4, 0.5) is 0 Å². The second kappa shape index (κ2) is 13.7. The fourth-order valence-corrected chi connectivity index (χ4v) is 7.09. The van der Waals surface area contributed by atoms with E-state index >= 15 is 0 Å². The quantitative estimate of drug-likeness (QED) is 0.310. The van der Waals surface area contributed by atoms with Gasteiger partial charge in [0, 0.05) is 17.1 Å². The minimum Gasteiger partial charge on any atom is -0.308 e. The maximum Gasteiger partial charge on any atom is 0.348 e. The normalized spacial score (nSPS) is 15.3. The van der Waals surface area contributed by atoms with Crippen molar-refractivity contribution in [3.63, 3.8) is 0 Å². The molecule has 1 rings (SSSR count). The lowest BCUT2D eigenvalue weighted by Gasteiger charge is -2.46. The zero-order valence-corrected chi connectivity index (χ0v) is 26.5. The topological polar surface area (TPSA) is 42.0 Å². The molecule has 6 heteroatoms. The van der Waals surface area contributed by atoms with Crippen LogP contribution >= 0.6 is 7.60 Å². The first-order chi connectivity index (χ1) is 15.7. The molecule has 0 aliphatic carbocycles. The minimum atomic E-state index is -3.18. The molecule has 2 unspecified atom stereocenters. The van der Waals surface area contributed by atoms with Gasteiger partial charge in [0.1, 0.15) is 5.78 Å². The van der Waals surface area contributed by atoms with Gasteiger partial charge in [-0.2, -0.15) is 0 Å². The predicted octanol–water partition coefficient (Wildman–Crippen LogP) is 8.47. The molecule has 5 nitrogen and oxygen atoms in total. The van der Waals surface area contributed by atoms with Crippen molar-refractivity contribution in [1.29, 1.82) is 0 Å². The van der Waals surface area contributed by atoms with Crippen LogP contribution < -0.4 is 0 Å². The summed E-state index contributed by atoms with van der Waals surface area (Å²) in [5.41, 5.74) is 1.30. The van der Waals surface area contributed by atoms with Crippen molar-refractivity contribution in [3.05, 3.63) is 35.9 Å². The van der Waals surface area contributed by atoms with Gasteiger partial charge in [-0.1, -0.05) is 65.0 Å². The maximum absolute atomic E-state index is 13.2. The van der Waals surface area contributed by atoms with Crippen molar-refractivity contribution in [2.24, 2.45) is 11.3 Å². The third kappa shape index (κ3) is 10.7. The Morgan fingerprint density at radius 2 is 1.17 bits per heavy atom. The molecule has 0 bridgehead atoms. The fourth-order valence-electron chi connectivity index (χ4n) is 4.30. The lowest BCUT2D eigenvalue weighted by molar-refractivity contribution is 0.0644. The highest BCUT2D eigenvalue weighted by molar-refractivity contribution is 7.54. The molecule has 0 heterocycles. The van der Waals surface area contributed by atoms with Gasteiger partial charge in [0.25, 0.3) is 0 Å². The fraction of sp³-hybridized carbons (Fsp3) is 0.793. The Labute approximate surface area is 218 Å². The summed E-state index contributed by atoms with van der Waals surface area (Å²) in [6.07, 6.45) is 0. The molecule has 1 aromatic rings. The molecule has 0 amide bonds. The Hall–Kier alpha value is -0.710. The van der Waals surface area contributed by atoms with Gasteiger partial charge in [-0.05, 0) is 86.4 Å². The van der Waals surface area contributed by atoms with E-state index in [2.05, 4.69) is 123 Å². The average Bonchev–Trinajstić information content (AvgIpc) is 2.67. The number of benzene rings is 1. The summed E-state index contributed by atoms with van der Waals surface area (Å²) >= 11 is 0. The highest BCUT2D eigenvalue weighted by atomic mass is 31.2. The van der Waals surface area contributed by atoms with E-state index in [1.807, 2.05) is 20.9 Å². The van der Waals surface area contributed by atoms with Gasteiger partial charge in [0.2, 0.25) is 0 Å². The smallest absolute Gasteiger partial charge is 0.308 e. The molecule has 0 fully saturated rings. The molecule has 0 N–H and O–H groups in total. The van der Waals surface area contributed by atoms with E-state index in [4.69, 9.17) is 9.05 Å². The Morgan fingerprint density at radius 1 is 0.771 bits per heavy atom. The number of hydrogen-bond acceptors (Lipinski definition) is 5. The van der Waals surface area contributed by atoms with Crippen LogP contribution in [-0.2, 0) is 13.6 Å². The molecule has 0 aliphatic rings. The minimum absolute atomic E-state index is 0.109. The van der Waals surface area contributed by atoms with E-state index < -0.39 is 7.60 Å². The van der Waals surface area contributed by atoms with Gasteiger partial charge in [-0.25, -0.2) is 0 Å². The van der Waals surface area contributed by atoms with Crippen molar-refractivity contribution in [2.75, 3.05) is 27.3 Å². The van der Waals surface area contributed by atoms with Gasteiger partial charge >= 0.3 is 7.60 Å². The van der Waals surface area contributed by atoms with E-state index in [1.165, 1.54) is 5.56 Å². The van der Waals surface area contributed by atoms with Crippen LogP contribution in [0.2, 0.25) is 0 Å². The van der Waals surface area contributed by atoms with E-state index in [0.29, 0.717) is 25.2 Å². The third-order valence-electron chi connectivity index (χ3n) is 6.37. The van der Waals surface area contributed by atoms with Crippen molar-refractivity contribution in [3.8, 4) is 0 Å². The van der Waals surface area contributed by atoms with Gasteiger partial charge in [0.15, 0.2) is 0 Å². The van der Waals surface area contributed by atoms with Gasteiger partial charge in [-0.15, -0.1) is 0 Å². The van der Waals surface area contributed by atoms with E-state index in [1.54, 1.807) is 0 Å². The van der Waals surface area contributed by atoms with Crippen molar-refractivity contribution < 1.29 is 13.6 Å². The standard InChI is InChI=1S/C15H25N.C14H32NO3P/c1-12(2)14(16(6)15(3,4)5)13-10-8-7-9-11-13;1-10-17-19(16,18-11-2)12(13(3,4)5)15(9)14(6,7)8/h7-12,14H,1-6H3;12H,10-11H2,1-9H3. The van der Waals surface area contributed by atoms with Crippen LogP contribution in [0, 0.1) is 11.3 Å². The lowest BCUT2D eigenvalue weighted by Crippen LogP contribution is -2.51. The van der Waals surface area contributed by atoms with Crippen LogP contribution in [0.3, 0.4) is 0 Å². The first-order valence-corrected chi connectivity index (χ1v) is 14.7. The summed E-state index contributed by atoms with van der Waals surface area (Å²) in [6.45, 7) is 28.4. The molecular formula is C29H57N2O3P. The molecule has 206 valence electrons. The summed E-state index contributed by atoms with van der Waals surface area (Å²) < 4.78 is 24.3. The predicted molar refractivity (Wildman–Crippen MR) is 153 cm³/mol. The van der Waals surface area contributed by atoms with Crippen LogP contribution in [0.1, 0.15) is 102 Å². The summed E-state index contributed by atoms with van der Waals surface area (Å²) in [7, 11) is 1.03. The Kier molecular flexibility index (Phi) is 13.4. The van der Waals surface area contributed by atoms with Gasteiger partial charge in [-0.3, -0.25) is 14.4 Å². The molecule has 0 saturated carbocycles. The average molecular weight is 513 g/mol. The SMILES string of the molecule is CC(C)C(c1ccccc1)N(C)C(C)(C)C.CCOP(=O)(OCC)C(N(C)C(C)(C)C)C(C)(C)C. The second-order valence-corrected chi connectivity index (χ2v) is 14.9. The van der Waals surface area contributed by atoms with E-state index in [9.17, 15) is 4.57 Å². The number of nitrogens with zero attached hydrogens (tertiary/aromatic N) is 2. The molecule has 0 saturated heterocycles. The molecule has 0 aliphatic heterocycles. The van der Waals surface area contributed by atoms with Crippen LogP contribution in [0.15, 0.2) is 30.3 Å². The number of rotatable bonds is 9.